The number of thiazole rings is 1. The van der Waals surface area contributed by atoms with Gasteiger partial charge in [0.1, 0.15) is 5.69 Å². The van der Waals surface area contributed by atoms with Crippen LogP contribution in [0.2, 0.25) is 0 Å². The van der Waals surface area contributed by atoms with Crippen molar-refractivity contribution in [3.63, 3.8) is 0 Å². The second kappa shape index (κ2) is 8.94. The Morgan fingerprint density at radius 2 is 2.12 bits per heavy atom. The monoisotopic (exact) mass is 455 g/mol. The number of amides is 1. The van der Waals surface area contributed by atoms with E-state index in [9.17, 15) is 4.79 Å². The molecule has 5 rings (SSSR count). The van der Waals surface area contributed by atoms with Gasteiger partial charge in [0.05, 0.1) is 30.1 Å². The number of benzene rings is 2. The lowest BCUT2D eigenvalue weighted by Gasteiger charge is -2.15. The molecule has 0 spiro atoms. The maximum absolute atomic E-state index is 12.8. The maximum atomic E-state index is 12.8. The molecule has 33 heavy (non-hydrogen) atoms. The fraction of sp³-hybridized carbons (Fsp3) is 0.208. The molecule has 1 amide bonds. The normalized spacial score (nSPS) is 15.0. The van der Waals surface area contributed by atoms with E-state index in [0.29, 0.717) is 22.8 Å². The van der Waals surface area contributed by atoms with Crippen LogP contribution in [0.5, 0.6) is 0 Å². The van der Waals surface area contributed by atoms with Crippen LogP contribution in [0, 0.1) is 11.3 Å². The van der Waals surface area contributed by atoms with Crippen LogP contribution in [0.4, 0.5) is 5.13 Å². The molecule has 2 aromatic heterocycles. The quantitative estimate of drug-likeness (QED) is 0.476. The number of fused-ring (bicyclic) bond motifs is 1. The predicted octanol–water partition coefficient (Wildman–Crippen LogP) is 3.39. The zero-order chi connectivity index (χ0) is 22.8. The summed E-state index contributed by atoms with van der Waals surface area (Å²) in [5.74, 6) is -0.191. The molecular formula is C24H21N7OS. The summed E-state index contributed by atoms with van der Waals surface area (Å²) in [5.41, 5.74) is 10.8. The minimum absolute atomic E-state index is 0.174. The second-order valence-corrected chi connectivity index (χ2v) is 9.12. The fourth-order valence-corrected chi connectivity index (χ4v) is 4.94. The zero-order valence-corrected chi connectivity index (χ0v) is 18.5. The Labute approximate surface area is 194 Å². The van der Waals surface area contributed by atoms with E-state index in [1.807, 2.05) is 36.5 Å². The number of rotatable bonds is 5. The molecule has 4 aromatic rings. The number of nitrogens with one attached hydrogen (secondary N) is 1. The fourth-order valence-electron chi connectivity index (χ4n) is 3.84. The van der Waals surface area contributed by atoms with Crippen LogP contribution in [-0.4, -0.2) is 31.9 Å². The molecule has 0 aliphatic heterocycles. The van der Waals surface area contributed by atoms with Gasteiger partial charge in [-0.1, -0.05) is 29.5 Å². The highest BCUT2D eigenvalue weighted by Gasteiger charge is 2.21. The van der Waals surface area contributed by atoms with Crippen molar-refractivity contribution in [3.8, 4) is 17.3 Å². The molecular weight excluding hydrogens is 434 g/mol. The van der Waals surface area contributed by atoms with Gasteiger partial charge in [0.15, 0.2) is 5.13 Å². The standard InChI is InChI=1S/C24H21N7OS/c25-12-15-4-6-17(7-5-15)21-14-31(30-29-21)13-16-2-1-3-18(10-16)23(32)28-24-27-20-9-8-19(26)11-22(20)33-24/h1-7,10,14,19H,8-9,11,13,26H2,(H,27,28,32)/t19-/m1/s1. The molecule has 1 atom stereocenters. The van der Waals surface area contributed by atoms with Crippen LogP contribution in [0.3, 0.4) is 0 Å². The number of aromatic nitrogens is 4. The van der Waals surface area contributed by atoms with Gasteiger partial charge in [0.2, 0.25) is 0 Å². The van der Waals surface area contributed by atoms with Gasteiger partial charge in [-0.15, -0.1) is 16.4 Å². The minimum atomic E-state index is -0.191. The number of nitrogens with two attached hydrogens (primary N) is 1. The third-order valence-corrected chi connectivity index (χ3v) is 6.62. The van der Waals surface area contributed by atoms with Gasteiger partial charge in [0.25, 0.3) is 5.91 Å². The van der Waals surface area contributed by atoms with Crippen LogP contribution in [-0.2, 0) is 19.4 Å². The van der Waals surface area contributed by atoms with E-state index in [0.717, 1.165) is 41.8 Å². The summed E-state index contributed by atoms with van der Waals surface area (Å²) < 4.78 is 1.72. The molecule has 8 nitrogen and oxygen atoms in total. The Balaban J connectivity index is 1.27. The summed E-state index contributed by atoms with van der Waals surface area (Å²) in [5, 5.41) is 20.9. The Kier molecular flexibility index (Phi) is 5.69. The van der Waals surface area contributed by atoms with Crippen molar-refractivity contribution in [1.29, 1.82) is 5.26 Å². The molecule has 9 heteroatoms. The largest absolute Gasteiger partial charge is 0.327 e. The van der Waals surface area contributed by atoms with Crippen LogP contribution >= 0.6 is 11.3 Å². The number of nitriles is 1. The van der Waals surface area contributed by atoms with E-state index in [1.54, 1.807) is 22.9 Å². The first-order valence-corrected chi connectivity index (χ1v) is 11.4. The lowest BCUT2D eigenvalue weighted by molar-refractivity contribution is 0.102. The van der Waals surface area contributed by atoms with Crippen molar-refractivity contribution in [2.75, 3.05) is 5.32 Å². The molecule has 1 aliphatic carbocycles. The van der Waals surface area contributed by atoms with Gasteiger partial charge < -0.3 is 5.73 Å². The first-order chi connectivity index (χ1) is 16.1. The molecule has 0 saturated heterocycles. The SMILES string of the molecule is N#Cc1ccc(-c2cn(Cc3cccc(C(=O)Nc4nc5c(s4)C[C@H](N)CC5)c3)nn2)cc1. The Morgan fingerprint density at radius 3 is 2.94 bits per heavy atom. The number of anilines is 1. The van der Waals surface area contributed by atoms with Gasteiger partial charge in [0, 0.05) is 22.0 Å². The number of hydrogen-bond donors (Lipinski definition) is 2. The van der Waals surface area contributed by atoms with Crippen molar-refractivity contribution >= 4 is 22.4 Å². The van der Waals surface area contributed by atoms with Gasteiger partial charge in [-0.3, -0.25) is 10.1 Å². The molecule has 2 heterocycles. The number of hydrogen-bond acceptors (Lipinski definition) is 7. The minimum Gasteiger partial charge on any atom is -0.327 e. The summed E-state index contributed by atoms with van der Waals surface area (Å²) in [6, 6.07) is 16.9. The van der Waals surface area contributed by atoms with Crippen molar-refractivity contribution in [2.24, 2.45) is 5.73 Å². The summed E-state index contributed by atoms with van der Waals surface area (Å²) in [6.07, 6.45) is 4.46. The molecule has 164 valence electrons. The third-order valence-electron chi connectivity index (χ3n) is 5.58. The molecule has 1 aliphatic rings. The summed E-state index contributed by atoms with van der Waals surface area (Å²) in [7, 11) is 0. The number of carbonyl (C=O) groups excluding carboxylic acids is 1. The van der Waals surface area contributed by atoms with Gasteiger partial charge in [-0.25, -0.2) is 9.67 Å². The van der Waals surface area contributed by atoms with E-state index in [1.165, 1.54) is 16.2 Å². The number of aryl methyl sites for hydroxylation is 1. The Hall–Kier alpha value is -3.87. The smallest absolute Gasteiger partial charge is 0.257 e. The van der Waals surface area contributed by atoms with Crippen molar-refractivity contribution in [3.05, 3.63) is 82.0 Å². The summed E-state index contributed by atoms with van der Waals surface area (Å²) >= 11 is 1.51. The molecule has 3 N–H and O–H groups in total. The average molecular weight is 456 g/mol. The highest BCUT2D eigenvalue weighted by Crippen LogP contribution is 2.29. The molecule has 0 bridgehead atoms. The molecule has 0 saturated carbocycles. The number of nitrogens with zero attached hydrogens (tertiary/aromatic N) is 5. The van der Waals surface area contributed by atoms with E-state index in [4.69, 9.17) is 11.0 Å². The van der Waals surface area contributed by atoms with Crippen LogP contribution in [0.25, 0.3) is 11.3 Å². The molecule has 2 aromatic carbocycles. The topological polar surface area (TPSA) is 123 Å². The highest BCUT2D eigenvalue weighted by molar-refractivity contribution is 7.15. The van der Waals surface area contributed by atoms with Crippen LogP contribution in [0.15, 0.2) is 54.7 Å². The highest BCUT2D eigenvalue weighted by atomic mass is 32.1. The van der Waals surface area contributed by atoms with Gasteiger partial charge >= 0.3 is 0 Å². The maximum Gasteiger partial charge on any atom is 0.257 e. The van der Waals surface area contributed by atoms with Crippen LogP contribution in [0.1, 0.15) is 38.5 Å². The van der Waals surface area contributed by atoms with E-state index >= 15 is 0 Å². The number of carbonyl (C=O) groups is 1. The summed E-state index contributed by atoms with van der Waals surface area (Å²) in [4.78, 5) is 18.6. The van der Waals surface area contributed by atoms with Crippen molar-refractivity contribution in [2.45, 2.75) is 31.8 Å². The summed E-state index contributed by atoms with van der Waals surface area (Å²) in [6.45, 7) is 0.480. The lowest BCUT2D eigenvalue weighted by Crippen LogP contribution is -2.27. The lowest BCUT2D eigenvalue weighted by atomic mass is 9.99. The molecule has 0 fully saturated rings. The van der Waals surface area contributed by atoms with Crippen molar-refractivity contribution < 1.29 is 4.79 Å². The Morgan fingerprint density at radius 1 is 1.27 bits per heavy atom. The average Bonchev–Trinajstić information content (AvgIpc) is 3.45. The zero-order valence-electron chi connectivity index (χ0n) is 17.7. The van der Waals surface area contributed by atoms with E-state index in [2.05, 4.69) is 26.7 Å². The third kappa shape index (κ3) is 4.67. The van der Waals surface area contributed by atoms with Gasteiger partial charge in [-0.2, -0.15) is 5.26 Å². The molecule has 0 radical (unpaired) electrons. The van der Waals surface area contributed by atoms with E-state index in [-0.39, 0.29) is 11.9 Å². The van der Waals surface area contributed by atoms with Crippen molar-refractivity contribution in [1.82, 2.24) is 20.0 Å². The van der Waals surface area contributed by atoms with Crippen LogP contribution < -0.4 is 11.1 Å². The first kappa shape index (κ1) is 21.0. The second-order valence-electron chi connectivity index (χ2n) is 8.04. The Bertz CT molecular complexity index is 1350. The van der Waals surface area contributed by atoms with E-state index < -0.39 is 0 Å². The van der Waals surface area contributed by atoms with Gasteiger partial charge in [-0.05, 0) is 49.1 Å². The molecule has 0 unspecified atom stereocenters. The predicted molar refractivity (Wildman–Crippen MR) is 126 cm³/mol. The first-order valence-electron chi connectivity index (χ1n) is 10.6.